The Balaban J connectivity index is 1.34. The number of amides is 1. The highest BCUT2D eigenvalue weighted by atomic mass is 32.1. The fourth-order valence-electron chi connectivity index (χ4n) is 2.64. The first-order valence-corrected chi connectivity index (χ1v) is 9.56. The highest BCUT2D eigenvalue weighted by molar-refractivity contribution is 7.13. The Bertz CT molecular complexity index is 1090. The molecule has 3 aromatic heterocycles. The van der Waals surface area contributed by atoms with Gasteiger partial charge in [-0.25, -0.2) is 4.98 Å². The molecule has 0 bridgehead atoms. The van der Waals surface area contributed by atoms with Crippen LogP contribution in [0.4, 0.5) is 0 Å². The molecular weight excluding hydrogens is 374 g/mol. The molecule has 0 aliphatic heterocycles. The minimum Gasteiger partial charge on any atom is -0.347 e. The highest BCUT2D eigenvalue weighted by Crippen LogP contribution is 2.24. The van der Waals surface area contributed by atoms with Gasteiger partial charge in [-0.15, -0.1) is 11.3 Å². The SMILES string of the molecule is Cc1cccc(-c2nc(CC(=O)NCc3nc(-c4ccncc4)no3)cs2)c1. The molecule has 0 atom stereocenters. The van der Waals surface area contributed by atoms with Crippen LogP contribution in [0.2, 0.25) is 0 Å². The number of nitrogens with zero attached hydrogens (tertiary/aromatic N) is 4. The zero-order chi connectivity index (χ0) is 19.3. The summed E-state index contributed by atoms with van der Waals surface area (Å²) >= 11 is 1.53. The number of carbonyl (C=O) groups excluding carboxylic acids is 1. The Morgan fingerprint density at radius 1 is 1.14 bits per heavy atom. The van der Waals surface area contributed by atoms with E-state index >= 15 is 0 Å². The first-order valence-electron chi connectivity index (χ1n) is 8.68. The molecule has 0 saturated carbocycles. The molecule has 4 rings (SSSR count). The predicted octanol–water partition coefficient (Wildman–Crippen LogP) is 3.42. The fourth-order valence-corrected chi connectivity index (χ4v) is 3.46. The fraction of sp³-hybridized carbons (Fsp3) is 0.150. The van der Waals surface area contributed by atoms with Gasteiger partial charge in [0.2, 0.25) is 17.6 Å². The predicted molar refractivity (Wildman–Crippen MR) is 105 cm³/mol. The number of nitrogens with one attached hydrogen (secondary N) is 1. The van der Waals surface area contributed by atoms with Gasteiger partial charge in [-0.05, 0) is 25.1 Å². The maximum atomic E-state index is 12.2. The van der Waals surface area contributed by atoms with Gasteiger partial charge >= 0.3 is 0 Å². The summed E-state index contributed by atoms with van der Waals surface area (Å²) in [4.78, 5) is 25.0. The van der Waals surface area contributed by atoms with E-state index in [0.717, 1.165) is 21.8 Å². The van der Waals surface area contributed by atoms with Crippen LogP contribution in [0, 0.1) is 6.92 Å². The second-order valence-electron chi connectivity index (χ2n) is 6.21. The number of aromatic nitrogens is 4. The van der Waals surface area contributed by atoms with E-state index in [4.69, 9.17) is 4.52 Å². The van der Waals surface area contributed by atoms with E-state index < -0.39 is 0 Å². The number of carbonyl (C=O) groups is 1. The van der Waals surface area contributed by atoms with Crippen molar-refractivity contribution < 1.29 is 9.32 Å². The summed E-state index contributed by atoms with van der Waals surface area (Å²) in [5.74, 6) is 0.664. The van der Waals surface area contributed by atoms with Crippen LogP contribution in [0.25, 0.3) is 22.0 Å². The smallest absolute Gasteiger partial charge is 0.246 e. The Labute approximate surface area is 165 Å². The monoisotopic (exact) mass is 391 g/mol. The summed E-state index contributed by atoms with van der Waals surface area (Å²) in [6, 6.07) is 11.7. The van der Waals surface area contributed by atoms with E-state index in [1.54, 1.807) is 24.5 Å². The van der Waals surface area contributed by atoms with Crippen LogP contribution < -0.4 is 5.32 Å². The van der Waals surface area contributed by atoms with Crippen LogP contribution in [0.3, 0.4) is 0 Å². The number of rotatable bonds is 6. The number of thiazole rings is 1. The van der Waals surface area contributed by atoms with Gasteiger partial charge in [0.05, 0.1) is 18.7 Å². The number of benzene rings is 1. The number of pyridine rings is 1. The normalized spacial score (nSPS) is 10.8. The lowest BCUT2D eigenvalue weighted by molar-refractivity contribution is -0.120. The second-order valence-corrected chi connectivity index (χ2v) is 7.07. The molecule has 3 heterocycles. The molecule has 140 valence electrons. The van der Waals surface area contributed by atoms with Gasteiger partial charge in [-0.3, -0.25) is 9.78 Å². The van der Waals surface area contributed by atoms with E-state index in [2.05, 4.69) is 31.5 Å². The molecule has 8 heteroatoms. The zero-order valence-electron chi connectivity index (χ0n) is 15.1. The van der Waals surface area contributed by atoms with Gasteiger partial charge in [0, 0.05) is 28.9 Å². The lowest BCUT2D eigenvalue weighted by Gasteiger charge is -2.00. The second kappa shape index (κ2) is 8.10. The summed E-state index contributed by atoms with van der Waals surface area (Å²) in [7, 11) is 0. The lowest BCUT2D eigenvalue weighted by Crippen LogP contribution is -2.24. The lowest BCUT2D eigenvalue weighted by atomic mass is 10.1. The topological polar surface area (TPSA) is 93.8 Å². The Hall–Kier alpha value is -3.39. The average molecular weight is 391 g/mol. The van der Waals surface area contributed by atoms with Gasteiger partial charge in [0.1, 0.15) is 5.01 Å². The molecule has 0 unspecified atom stereocenters. The summed E-state index contributed by atoms with van der Waals surface area (Å²) < 4.78 is 5.18. The van der Waals surface area contributed by atoms with Crippen LogP contribution in [-0.2, 0) is 17.8 Å². The van der Waals surface area contributed by atoms with E-state index in [0.29, 0.717) is 11.7 Å². The molecule has 0 aliphatic carbocycles. The van der Waals surface area contributed by atoms with E-state index in [-0.39, 0.29) is 18.9 Å². The number of aryl methyl sites for hydroxylation is 1. The van der Waals surface area contributed by atoms with Crippen molar-refractivity contribution in [2.45, 2.75) is 19.9 Å². The molecule has 1 amide bonds. The average Bonchev–Trinajstić information content (AvgIpc) is 3.37. The van der Waals surface area contributed by atoms with Gasteiger partial charge in [0.25, 0.3) is 0 Å². The zero-order valence-corrected chi connectivity index (χ0v) is 15.9. The van der Waals surface area contributed by atoms with E-state index in [1.165, 1.54) is 16.9 Å². The van der Waals surface area contributed by atoms with Gasteiger partial charge < -0.3 is 9.84 Å². The van der Waals surface area contributed by atoms with Crippen molar-refractivity contribution in [3.05, 3.63) is 71.3 Å². The van der Waals surface area contributed by atoms with Crippen molar-refractivity contribution in [2.24, 2.45) is 0 Å². The molecule has 0 fully saturated rings. The molecule has 0 saturated heterocycles. The third kappa shape index (κ3) is 4.29. The summed E-state index contributed by atoms with van der Waals surface area (Å²) in [6.07, 6.45) is 3.52. The van der Waals surface area contributed by atoms with Crippen molar-refractivity contribution in [1.82, 2.24) is 25.4 Å². The van der Waals surface area contributed by atoms with Crippen LogP contribution in [0.1, 0.15) is 17.1 Å². The first kappa shape index (κ1) is 18.0. The third-order valence-electron chi connectivity index (χ3n) is 4.00. The van der Waals surface area contributed by atoms with Crippen molar-refractivity contribution >= 4 is 17.2 Å². The quantitative estimate of drug-likeness (QED) is 0.541. The van der Waals surface area contributed by atoms with E-state index in [9.17, 15) is 4.79 Å². The number of hydrogen-bond donors (Lipinski definition) is 1. The molecule has 1 aromatic carbocycles. The molecule has 1 N–H and O–H groups in total. The first-order chi connectivity index (χ1) is 13.7. The molecule has 0 radical (unpaired) electrons. The van der Waals surface area contributed by atoms with Crippen LogP contribution in [0.5, 0.6) is 0 Å². The largest absolute Gasteiger partial charge is 0.347 e. The van der Waals surface area contributed by atoms with Crippen molar-refractivity contribution in [3.63, 3.8) is 0 Å². The van der Waals surface area contributed by atoms with Crippen LogP contribution in [-0.4, -0.2) is 26.0 Å². The molecular formula is C20H17N5O2S. The van der Waals surface area contributed by atoms with Gasteiger partial charge in [0.15, 0.2) is 0 Å². The van der Waals surface area contributed by atoms with Crippen LogP contribution in [0.15, 0.2) is 58.7 Å². The molecule has 0 aliphatic rings. The Morgan fingerprint density at radius 2 is 2.00 bits per heavy atom. The number of hydrogen-bond acceptors (Lipinski definition) is 7. The Morgan fingerprint density at radius 3 is 2.82 bits per heavy atom. The summed E-state index contributed by atoms with van der Waals surface area (Å²) in [6.45, 7) is 2.22. The van der Waals surface area contributed by atoms with Crippen LogP contribution >= 0.6 is 11.3 Å². The van der Waals surface area contributed by atoms with Crippen molar-refractivity contribution in [1.29, 1.82) is 0 Å². The van der Waals surface area contributed by atoms with E-state index in [1.807, 2.05) is 30.5 Å². The third-order valence-corrected chi connectivity index (χ3v) is 4.94. The van der Waals surface area contributed by atoms with Crippen molar-refractivity contribution in [3.8, 4) is 22.0 Å². The molecule has 7 nitrogen and oxygen atoms in total. The minimum atomic E-state index is -0.148. The summed E-state index contributed by atoms with van der Waals surface area (Å²) in [5.41, 5.74) is 3.79. The standard InChI is InChI=1S/C20H17N5O2S/c1-13-3-2-4-15(9-13)20-23-16(12-28-20)10-17(26)22-11-18-24-19(25-27-18)14-5-7-21-8-6-14/h2-9,12H,10-11H2,1H3,(H,22,26). The van der Waals surface area contributed by atoms with Gasteiger partial charge in [-0.1, -0.05) is 28.9 Å². The maximum Gasteiger partial charge on any atom is 0.246 e. The van der Waals surface area contributed by atoms with Crippen molar-refractivity contribution in [2.75, 3.05) is 0 Å². The van der Waals surface area contributed by atoms with Gasteiger partial charge in [-0.2, -0.15) is 4.98 Å². The molecule has 0 spiro atoms. The summed E-state index contributed by atoms with van der Waals surface area (Å²) in [5, 5.41) is 9.52. The minimum absolute atomic E-state index is 0.148. The highest BCUT2D eigenvalue weighted by Gasteiger charge is 2.12. The Kier molecular flexibility index (Phi) is 5.20. The molecule has 28 heavy (non-hydrogen) atoms. The molecule has 4 aromatic rings. The maximum absolute atomic E-state index is 12.2.